The third kappa shape index (κ3) is 3.22. The van der Waals surface area contributed by atoms with Crippen LogP contribution in [0.2, 0.25) is 0 Å². The van der Waals surface area contributed by atoms with Crippen LogP contribution >= 0.6 is 0 Å². The van der Waals surface area contributed by atoms with Gasteiger partial charge in [-0.3, -0.25) is 4.79 Å². The van der Waals surface area contributed by atoms with E-state index in [2.05, 4.69) is 11.9 Å². The van der Waals surface area contributed by atoms with Crippen molar-refractivity contribution in [3.05, 3.63) is 65.2 Å². The lowest BCUT2D eigenvalue weighted by atomic mass is 9.67. The second kappa shape index (κ2) is 8.42. The number of para-hydroxylation sites is 1. The molecule has 2 heterocycles. The van der Waals surface area contributed by atoms with E-state index in [4.69, 9.17) is 24.7 Å². The van der Waals surface area contributed by atoms with Crippen LogP contribution in [0.25, 0.3) is 0 Å². The summed E-state index contributed by atoms with van der Waals surface area (Å²) in [5, 5.41) is 2.63. The van der Waals surface area contributed by atoms with E-state index in [9.17, 15) is 14.4 Å². The number of nitrogens with two attached hydrogens (primary N) is 1. The highest BCUT2D eigenvalue weighted by Gasteiger charge is 2.61. The van der Waals surface area contributed by atoms with Crippen molar-refractivity contribution in [1.29, 1.82) is 0 Å². The number of nitrogens with one attached hydrogen (secondary N) is 1. The highest BCUT2D eigenvalue weighted by Crippen LogP contribution is 2.51. The smallest absolute Gasteiger partial charge is 0.341 e. The minimum atomic E-state index is -1.88. The first kappa shape index (κ1) is 21.1. The van der Waals surface area contributed by atoms with Gasteiger partial charge in [0, 0.05) is 18.4 Å². The summed E-state index contributed by atoms with van der Waals surface area (Å²) in [6.45, 7) is 5.04. The summed E-state index contributed by atoms with van der Waals surface area (Å²) in [6.07, 6.45) is 1.40. The Kier molecular flexibility index (Phi) is 5.93. The molecule has 0 aromatic heterocycles. The van der Waals surface area contributed by atoms with Gasteiger partial charge in [-0.25, -0.2) is 9.59 Å². The fraction of sp³-hybridized carbons (Fsp3) is 0.286. The number of benzene rings is 1. The number of ether oxygens (including phenoxy) is 4. The van der Waals surface area contributed by atoms with Gasteiger partial charge in [0.15, 0.2) is 0 Å². The van der Waals surface area contributed by atoms with E-state index in [1.807, 2.05) is 0 Å². The second-order valence-corrected chi connectivity index (χ2v) is 6.56. The predicted molar refractivity (Wildman–Crippen MR) is 105 cm³/mol. The number of allylic oxidation sites excluding steroid dienone is 1. The topological polar surface area (TPSA) is 126 Å². The molecule has 9 heteroatoms. The molecule has 30 heavy (non-hydrogen) atoms. The molecule has 0 aliphatic carbocycles. The molecule has 3 rings (SSSR count). The van der Waals surface area contributed by atoms with Crippen LogP contribution in [0, 0.1) is 0 Å². The van der Waals surface area contributed by atoms with Gasteiger partial charge < -0.3 is 30.0 Å². The molecule has 2 aliphatic rings. The van der Waals surface area contributed by atoms with Crippen molar-refractivity contribution < 1.29 is 33.3 Å². The van der Waals surface area contributed by atoms with Crippen molar-refractivity contribution in [2.24, 2.45) is 5.73 Å². The van der Waals surface area contributed by atoms with Crippen LogP contribution in [-0.2, 0) is 34.0 Å². The molecule has 0 saturated heterocycles. The van der Waals surface area contributed by atoms with E-state index >= 15 is 0 Å². The van der Waals surface area contributed by atoms with Crippen LogP contribution in [0.3, 0.4) is 0 Å². The van der Waals surface area contributed by atoms with E-state index in [0.717, 1.165) is 0 Å². The van der Waals surface area contributed by atoms with Crippen LogP contribution in [-0.4, -0.2) is 44.8 Å². The molecular weight excluding hydrogens is 392 g/mol. The summed E-state index contributed by atoms with van der Waals surface area (Å²) >= 11 is 0. The van der Waals surface area contributed by atoms with Gasteiger partial charge in [0.25, 0.3) is 0 Å². The fourth-order valence-corrected chi connectivity index (χ4v) is 3.63. The maximum absolute atomic E-state index is 13.3. The highest BCUT2D eigenvalue weighted by atomic mass is 16.6. The Morgan fingerprint density at radius 1 is 1.20 bits per heavy atom. The van der Waals surface area contributed by atoms with E-state index in [1.165, 1.54) is 13.2 Å². The SMILES string of the molecule is C=CCOC(=O)C1=C(C)NC(=O)C12C(C(=O)OCCOC)=C(N)Oc1ccccc12. The van der Waals surface area contributed by atoms with Gasteiger partial charge in [-0.15, -0.1) is 0 Å². The minimum absolute atomic E-state index is 0.0632. The molecule has 158 valence electrons. The average molecular weight is 414 g/mol. The molecule has 0 bridgehead atoms. The first-order valence-corrected chi connectivity index (χ1v) is 9.14. The van der Waals surface area contributed by atoms with E-state index in [1.54, 1.807) is 31.2 Å². The van der Waals surface area contributed by atoms with Crippen LogP contribution < -0.4 is 15.8 Å². The number of methoxy groups -OCH3 is 1. The molecule has 0 saturated carbocycles. The number of rotatable bonds is 7. The molecule has 1 spiro atoms. The van der Waals surface area contributed by atoms with Crippen LogP contribution in [0.5, 0.6) is 5.75 Å². The molecular formula is C21H22N2O7. The van der Waals surface area contributed by atoms with Gasteiger partial charge >= 0.3 is 11.9 Å². The third-order valence-corrected chi connectivity index (χ3v) is 4.79. The zero-order valence-corrected chi connectivity index (χ0v) is 16.7. The summed E-state index contributed by atoms with van der Waals surface area (Å²) in [5.74, 6) is -2.43. The molecule has 3 N–H and O–H groups in total. The van der Waals surface area contributed by atoms with E-state index < -0.39 is 23.3 Å². The molecule has 0 fully saturated rings. The Morgan fingerprint density at radius 3 is 2.60 bits per heavy atom. The largest absolute Gasteiger partial charge is 0.460 e. The number of hydrogen-bond donors (Lipinski definition) is 2. The summed E-state index contributed by atoms with van der Waals surface area (Å²) in [5.41, 5.74) is 4.35. The van der Waals surface area contributed by atoms with E-state index in [0.29, 0.717) is 0 Å². The van der Waals surface area contributed by atoms with Gasteiger partial charge in [-0.05, 0) is 13.0 Å². The lowest BCUT2D eigenvalue weighted by molar-refractivity contribution is -0.143. The Labute approximate surface area is 173 Å². The summed E-state index contributed by atoms with van der Waals surface area (Å²) in [4.78, 5) is 39.3. The first-order valence-electron chi connectivity index (χ1n) is 9.14. The van der Waals surface area contributed by atoms with Crippen molar-refractivity contribution in [3.63, 3.8) is 0 Å². The fourth-order valence-electron chi connectivity index (χ4n) is 3.63. The Bertz CT molecular complexity index is 979. The zero-order valence-electron chi connectivity index (χ0n) is 16.7. The maximum Gasteiger partial charge on any atom is 0.341 e. The van der Waals surface area contributed by atoms with Crippen molar-refractivity contribution in [1.82, 2.24) is 5.32 Å². The molecule has 2 aliphatic heterocycles. The predicted octanol–water partition coefficient (Wildman–Crippen LogP) is 0.810. The Morgan fingerprint density at radius 2 is 1.90 bits per heavy atom. The Balaban J connectivity index is 2.24. The normalized spacial score (nSPS) is 19.9. The molecule has 9 nitrogen and oxygen atoms in total. The number of hydrogen-bond acceptors (Lipinski definition) is 8. The summed E-state index contributed by atoms with van der Waals surface area (Å²) in [7, 11) is 1.45. The minimum Gasteiger partial charge on any atom is -0.460 e. The molecule has 1 aromatic rings. The monoisotopic (exact) mass is 414 g/mol. The van der Waals surface area contributed by atoms with E-state index in [-0.39, 0.29) is 53.9 Å². The number of carbonyl (C=O) groups is 3. The van der Waals surface area contributed by atoms with Gasteiger partial charge in [0.05, 0.1) is 12.2 Å². The first-order chi connectivity index (χ1) is 14.4. The van der Waals surface area contributed by atoms with Gasteiger partial charge in [-0.1, -0.05) is 30.9 Å². The van der Waals surface area contributed by atoms with Crippen molar-refractivity contribution in [3.8, 4) is 5.75 Å². The van der Waals surface area contributed by atoms with Gasteiger partial charge in [-0.2, -0.15) is 0 Å². The molecule has 1 aromatic carbocycles. The summed E-state index contributed by atoms with van der Waals surface area (Å²) < 4.78 is 20.9. The quantitative estimate of drug-likeness (QED) is 0.381. The zero-order chi connectivity index (χ0) is 21.9. The maximum atomic E-state index is 13.3. The Hall–Kier alpha value is -3.59. The summed E-state index contributed by atoms with van der Waals surface area (Å²) in [6, 6.07) is 6.52. The molecule has 1 amide bonds. The standard InChI is InChI=1S/C21H22N2O7/c1-4-9-28-18(24)15-12(2)23-20(26)21(15)13-7-5-6-8-14(13)30-17(22)16(21)19(25)29-11-10-27-3/h4-8H,1,9-11,22H2,2-3H3,(H,23,26). The van der Waals surface area contributed by atoms with Gasteiger partial charge in [0.1, 0.15) is 30.0 Å². The number of esters is 2. The molecule has 1 unspecified atom stereocenters. The lowest BCUT2D eigenvalue weighted by Crippen LogP contribution is -2.49. The van der Waals surface area contributed by atoms with Gasteiger partial charge in [0.2, 0.25) is 11.8 Å². The molecule has 1 atom stereocenters. The van der Waals surface area contributed by atoms with Crippen molar-refractivity contribution in [2.75, 3.05) is 26.9 Å². The number of fused-ring (bicyclic) bond motifs is 2. The second-order valence-electron chi connectivity index (χ2n) is 6.56. The van der Waals surface area contributed by atoms with Crippen LogP contribution in [0.15, 0.2) is 59.6 Å². The number of carbonyl (C=O) groups excluding carboxylic acids is 3. The number of amides is 1. The average Bonchev–Trinajstić information content (AvgIpc) is 2.96. The lowest BCUT2D eigenvalue weighted by Gasteiger charge is -2.35. The molecule has 0 radical (unpaired) electrons. The van der Waals surface area contributed by atoms with Crippen LogP contribution in [0.1, 0.15) is 12.5 Å². The highest BCUT2D eigenvalue weighted by molar-refractivity contribution is 6.17. The van der Waals surface area contributed by atoms with Crippen molar-refractivity contribution >= 4 is 17.8 Å². The van der Waals surface area contributed by atoms with Crippen LogP contribution in [0.4, 0.5) is 0 Å². The third-order valence-electron chi connectivity index (χ3n) is 4.79. The van der Waals surface area contributed by atoms with Crippen molar-refractivity contribution in [2.45, 2.75) is 12.3 Å².